The number of hydrogen-bond acceptors (Lipinski definition) is 5. The van der Waals surface area contributed by atoms with Gasteiger partial charge in [0.2, 0.25) is 0 Å². The highest BCUT2D eigenvalue weighted by molar-refractivity contribution is 7.13. The Morgan fingerprint density at radius 3 is 2.59 bits per heavy atom. The third kappa shape index (κ3) is 4.26. The molecule has 0 unspecified atom stereocenters. The van der Waals surface area contributed by atoms with Gasteiger partial charge in [0.05, 0.1) is 5.69 Å². The zero-order valence-electron chi connectivity index (χ0n) is 8.29. The number of halogens is 3. The number of hydroxylamine groups is 1. The van der Waals surface area contributed by atoms with Crippen LogP contribution in [0.4, 0.5) is 23.1 Å². The molecule has 94 valence electrons. The predicted octanol–water partition coefficient (Wildman–Crippen LogP) is 1.59. The lowest BCUT2D eigenvalue weighted by atomic mass is 10.6. The third-order valence-electron chi connectivity index (χ3n) is 1.31. The van der Waals surface area contributed by atoms with E-state index in [2.05, 4.69) is 15.1 Å². The fourth-order valence-electron chi connectivity index (χ4n) is 0.685. The van der Waals surface area contributed by atoms with Gasteiger partial charge in [0.25, 0.3) is 0 Å². The van der Waals surface area contributed by atoms with Crippen LogP contribution in [0.3, 0.4) is 0 Å². The van der Waals surface area contributed by atoms with E-state index in [0.29, 0.717) is 5.69 Å². The molecule has 1 aromatic heterocycles. The minimum Gasteiger partial charge on any atom is -0.331 e. The number of carbonyl (C=O) groups excluding carboxylic acids is 2. The van der Waals surface area contributed by atoms with Crippen LogP contribution in [-0.2, 0) is 9.63 Å². The fourth-order valence-corrected chi connectivity index (χ4v) is 1.37. The molecule has 6 nitrogen and oxygen atoms in total. The monoisotopic (exact) mass is 269 g/mol. The van der Waals surface area contributed by atoms with Gasteiger partial charge in [-0.15, -0.1) is 11.3 Å². The van der Waals surface area contributed by atoms with Gasteiger partial charge < -0.3 is 4.84 Å². The predicted molar refractivity (Wildman–Crippen MR) is 51.2 cm³/mol. The number of alkyl halides is 3. The number of rotatable bonds is 1. The molecule has 1 heterocycles. The van der Waals surface area contributed by atoms with E-state index in [0.717, 1.165) is 11.3 Å². The van der Waals surface area contributed by atoms with Crippen LogP contribution in [0, 0.1) is 6.92 Å². The minimum absolute atomic E-state index is 0.169. The second-order valence-corrected chi connectivity index (χ2v) is 3.60. The zero-order chi connectivity index (χ0) is 13.1. The van der Waals surface area contributed by atoms with Crippen molar-refractivity contribution in [3.05, 3.63) is 11.1 Å². The molecule has 0 saturated heterocycles. The Morgan fingerprint density at radius 1 is 1.47 bits per heavy atom. The summed E-state index contributed by atoms with van der Waals surface area (Å²) in [7, 11) is 0. The maximum atomic E-state index is 11.7. The summed E-state index contributed by atoms with van der Waals surface area (Å²) in [5.41, 5.74) is 1.93. The molecule has 0 aliphatic rings. The molecule has 0 bridgehead atoms. The largest absolute Gasteiger partial charge is 0.493 e. The maximum absolute atomic E-state index is 11.7. The van der Waals surface area contributed by atoms with Crippen LogP contribution in [0.25, 0.3) is 0 Å². The van der Waals surface area contributed by atoms with Gasteiger partial charge in [0, 0.05) is 5.38 Å². The van der Waals surface area contributed by atoms with Gasteiger partial charge >= 0.3 is 18.2 Å². The lowest BCUT2D eigenvalue weighted by molar-refractivity contribution is -0.204. The van der Waals surface area contributed by atoms with E-state index in [4.69, 9.17) is 0 Å². The van der Waals surface area contributed by atoms with Crippen molar-refractivity contribution in [3.63, 3.8) is 0 Å². The van der Waals surface area contributed by atoms with E-state index in [-0.39, 0.29) is 5.13 Å². The molecule has 2 N–H and O–H groups in total. The van der Waals surface area contributed by atoms with Gasteiger partial charge in [-0.1, -0.05) is 0 Å². The number of aryl methyl sites for hydroxylation is 1. The second kappa shape index (κ2) is 4.99. The van der Waals surface area contributed by atoms with E-state index in [1.54, 1.807) is 12.3 Å². The van der Waals surface area contributed by atoms with Crippen molar-refractivity contribution in [2.24, 2.45) is 0 Å². The summed E-state index contributed by atoms with van der Waals surface area (Å²) in [5, 5.41) is 3.87. The lowest BCUT2D eigenvalue weighted by Crippen LogP contribution is -2.36. The molecule has 10 heteroatoms. The SMILES string of the molecule is Cc1csc(NC(=O)NOC(=O)C(F)(F)F)n1. The molecule has 2 amide bonds. The van der Waals surface area contributed by atoms with Crippen molar-refractivity contribution >= 4 is 28.5 Å². The van der Waals surface area contributed by atoms with E-state index in [1.165, 1.54) is 5.48 Å². The van der Waals surface area contributed by atoms with E-state index in [1.807, 2.05) is 0 Å². The Balaban J connectivity index is 2.39. The van der Waals surface area contributed by atoms with Crippen LogP contribution in [0.2, 0.25) is 0 Å². The third-order valence-corrected chi connectivity index (χ3v) is 2.18. The zero-order valence-corrected chi connectivity index (χ0v) is 9.11. The molecule has 1 rings (SSSR count). The number of urea groups is 1. The molecule has 0 spiro atoms. The number of aromatic nitrogens is 1. The summed E-state index contributed by atoms with van der Waals surface area (Å²) in [6, 6.07) is -1.13. The Kier molecular flexibility index (Phi) is 3.89. The summed E-state index contributed by atoms with van der Waals surface area (Å²) in [5.74, 6) is -2.51. The highest BCUT2D eigenvalue weighted by atomic mass is 32.1. The summed E-state index contributed by atoms with van der Waals surface area (Å²) in [6.45, 7) is 1.67. The smallest absolute Gasteiger partial charge is 0.331 e. The molecular formula is C7H6F3N3O3S. The van der Waals surface area contributed by atoms with Crippen LogP contribution in [0.1, 0.15) is 5.69 Å². The van der Waals surface area contributed by atoms with Gasteiger partial charge in [-0.2, -0.15) is 18.7 Å². The topological polar surface area (TPSA) is 80.3 Å². The first kappa shape index (κ1) is 13.2. The average molecular weight is 269 g/mol. The maximum Gasteiger partial charge on any atom is 0.493 e. The Hall–Kier alpha value is -1.84. The van der Waals surface area contributed by atoms with Crippen molar-refractivity contribution < 1.29 is 27.6 Å². The quantitative estimate of drug-likeness (QED) is 0.759. The first-order valence-electron chi connectivity index (χ1n) is 4.06. The second-order valence-electron chi connectivity index (χ2n) is 2.74. The van der Waals surface area contributed by atoms with Crippen LogP contribution in [-0.4, -0.2) is 23.2 Å². The van der Waals surface area contributed by atoms with Crippen LogP contribution < -0.4 is 10.8 Å². The summed E-state index contributed by atoms with van der Waals surface area (Å²) >= 11 is 1.07. The number of nitrogens with zero attached hydrogens (tertiary/aromatic N) is 1. The van der Waals surface area contributed by atoms with Crippen molar-refractivity contribution in [1.82, 2.24) is 10.5 Å². The summed E-state index contributed by atoms with van der Waals surface area (Å²) in [4.78, 5) is 28.5. The standard InChI is InChI=1S/C7H6F3N3O3S/c1-3-2-17-6(11-3)12-5(15)13-16-4(14)7(8,9)10/h2H,1H3,(H2,11,12,13,15). The molecule has 0 radical (unpaired) electrons. The number of nitrogens with one attached hydrogen (secondary N) is 2. The van der Waals surface area contributed by atoms with Crippen LogP contribution in [0.15, 0.2) is 5.38 Å². The summed E-state index contributed by atoms with van der Waals surface area (Å²) < 4.78 is 35.0. The number of carbonyl (C=O) groups is 2. The first-order chi connectivity index (χ1) is 7.79. The minimum atomic E-state index is -5.16. The van der Waals surface area contributed by atoms with Crippen LogP contribution >= 0.6 is 11.3 Å². The van der Waals surface area contributed by atoms with Crippen molar-refractivity contribution in [2.75, 3.05) is 5.32 Å². The van der Waals surface area contributed by atoms with Crippen molar-refractivity contribution in [2.45, 2.75) is 13.1 Å². The van der Waals surface area contributed by atoms with E-state index in [9.17, 15) is 22.8 Å². The Morgan fingerprint density at radius 2 is 2.12 bits per heavy atom. The first-order valence-corrected chi connectivity index (χ1v) is 4.94. The molecule has 0 aromatic carbocycles. The number of anilines is 1. The van der Waals surface area contributed by atoms with Crippen LogP contribution in [0.5, 0.6) is 0 Å². The highest BCUT2D eigenvalue weighted by Gasteiger charge is 2.42. The highest BCUT2D eigenvalue weighted by Crippen LogP contribution is 2.16. The number of amides is 2. The molecular weight excluding hydrogens is 263 g/mol. The van der Waals surface area contributed by atoms with Gasteiger partial charge in [-0.25, -0.2) is 14.6 Å². The average Bonchev–Trinajstić information content (AvgIpc) is 2.58. The van der Waals surface area contributed by atoms with Crippen molar-refractivity contribution in [1.29, 1.82) is 0 Å². The molecule has 0 aliphatic heterocycles. The molecule has 1 aromatic rings. The normalized spacial score (nSPS) is 10.8. The van der Waals surface area contributed by atoms with E-state index >= 15 is 0 Å². The molecule has 0 atom stereocenters. The van der Waals surface area contributed by atoms with Gasteiger partial charge in [0.15, 0.2) is 5.13 Å². The molecule has 0 aliphatic carbocycles. The molecule has 0 saturated carbocycles. The van der Waals surface area contributed by atoms with Gasteiger partial charge in [-0.3, -0.25) is 5.32 Å². The Labute approximate surface area is 96.7 Å². The number of thiazole rings is 1. The molecule has 17 heavy (non-hydrogen) atoms. The lowest BCUT2D eigenvalue weighted by Gasteiger charge is -2.07. The van der Waals surface area contributed by atoms with Gasteiger partial charge in [-0.05, 0) is 6.92 Å². The number of hydrogen-bond donors (Lipinski definition) is 2. The van der Waals surface area contributed by atoms with Crippen molar-refractivity contribution in [3.8, 4) is 0 Å². The fraction of sp³-hybridized carbons (Fsp3) is 0.286. The summed E-state index contributed by atoms with van der Waals surface area (Å²) in [6.07, 6.45) is -5.16. The molecule has 0 fully saturated rings. The Bertz CT molecular complexity index is 431. The van der Waals surface area contributed by atoms with E-state index < -0.39 is 18.2 Å². The van der Waals surface area contributed by atoms with Gasteiger partial charge in [0.1, 0.15) is 0 Å².